The number of nitrogens with one attached hydrogen (secondary N) is 1. The molecule has 0 aliphatic carbocycles. The lowest BCUT2D eigenvalue weighted by Crippen LogP contribution is -2.38. The molecule has 2 aromatic rings. The highest BCUT2D eigenvalue weighted by Crippen LogP contribution is 2.47. The van der Waals surface area contributed by atoms with Crippen molar-refractivity contribution in [3.8, 4) is 5.75 Å². The predicted molar refractivity (Wildman–Crippen MR) is 123 cm³/mol. The van der Waals surface area contributed by atoms with Gasteiger partial charge in [0.1, 0.15) is 11.9 Å². The first-order valence-corrected chi connectivity index (χ1v) is 10.8. The normalized spacial score (nSPS) is 16.9. The molecular weight excluding hydrogens is 374 g/mol. The second-order valence-electron chi connectivity index (χ2n) is 9.94. The fraction of sp³-hybridized carbons (Fsp3) is 0.500. The number of aliphatic hydroxyl groups is 1. The molecule has 0 bridgehead atoms. The molecule has 0 saturated carbocycles. The Bertz CT molecular complexity index is 952. The SMILES string of the molecule is Cc1c(C)c2c(c(C)c1NC(=O)C(O)C(C)(C)C)C(c1ccc(C(C)C)cc1)CO2. The van der Waals surface area contributed by atoms with Crippen molar-refractivity contribution in [2.24, 2.45) is 5.41 Å². The Morgan fingerprint density at radius 2 is 1.67 bits per heavy atom. The topological polar surface area (TPSA) is 58.6 Å². The van der Waals surface area contributed by atoms with E-state index in [0.29, 0.717) is 12.5 Å². The first-order valence-electron chi connectivity index (χ1n) is 10.8. The molecule has 2 N–H and O–H groups in total. The maximum Gasteiger partial charge on any atom is 0.253 e. The van der Waals surface area contributed by atoms with Crippen molar-refractivity contribution in [2.45, 2.75) is 73.3 Å². The van der Waals surface area contributed by atoms with E-state index in [4.69, 9.17) is 4.74 Å². The number of fused-ring (bicyclic) bond motifs is 1. The Morgan fingerprint density at radius 3 is 2.20 bits per heavy atom. The van der Waals surface area contributed by atoms with E-state index < -0.39 is 11.5 Å². The lowest BCUT2D eigenvalue weighted by Gasteiger charge is -2.26. The lowest BCUT2D eigenvalue weighted by atomic mass is 9.85. The van der Waals surface area contributed by atoms with Gasteiger partial charge in [0.05, 0.1) is 6.61 Å². The molecule has 1 amide bonds. The van der Waals surface area contributed by atoms with Gasteiger partial charge in [0.25, 0.3) is 5.91 Å². The number of carbonyl (C=O) groups is 1. The molecule has 3 rings (SSSR count). The summed E-state index contributed by atoms with van der Waals surface area (Å²) in [6.07, 6.45) is -1.08. The van der Waals surface area contributed by atoms with E-state index in [1.165, 1.54) is 11.1 Å². The van der Waals surface area contributed by atoms with Gasteiger partial charge < -0.3 is 15.2 Å². The largest absolute Gasteiger partial charge is 0.492 e. The van der Waals surface area contributed by atoms with Crippen LogP contribution in [-0.2, 0) is 4.79 Å². The smallest absolute Gasteiger partial charge is 0.253 e. The minimum Gasteiger partial charge on any atom is -0.492 e. The third-order valence-corrected chi connectivity index (χ3v) is 6.37. The van der Waals surface area contributed by atoms with E-state index in [-0.39, 0.29) is 11.8 Å². The summed E-state index contributed by atoms with van der Waals surface area (Å²) in [6, 6.07) is 8.76. The molecule has 1 aliphatic rings. The minimum atomic E-state index is -1.08. The third kappa shape index (κ3) is 3.98. The van der Waals surface area contributed by atoms with Crippen LogP contribution in [0.5, 0.6) is 5.75 Å². The number of benzene rings is 2. The zero-order valence-electron chi connectivity index (χ0n) is 19.5. The van der Waals surface area contributed by atoms with Gasteiger partial charge >= 0.3 is 0 Å². The highest BCUT2D eigenvalue weighted by Gasteiger charge is 2.34. The van der Waals surface area contributed by atoms with Crippen molar-refractivity contribution >= 4 is 11.6 Å². The molecule has 0 aromatic heterocycles. The maximum absolute atomic E-state index is 12.7. The minimum absolute atomic E-state index is 0.128. The van der Waals surface area contributed by atoms with Gasteiger partial charge in [-0.3, -0.25) is 4.79 Å². The van der Waals surface area contributed by atoms with Crippen LogP contribution in [0.25, 0.3) is 0 Å². The molecule has 4 nitrogen and oxygen atoms in total. The fourth-order valence-corrected chi connectivity index (χ4v) is 4.15. The molecule has 0 fully saturated rings. The average Bonchev–Trinajstić information content (AvgIpc) is 3.13. The second kappa shape index (κ2) is 8.07. The predicted octanol–water partition coefficient (Wildman–Crippen LogP) is 5.61. The van der Waals surface area contributed by atoms with Gasteiger partial charge in [-0.05, 0) is 59.9 Å². The van der Waals surface area contributed by atoms with E-state index in [2.05, 4.69) is 43.4 Å². The van der Waals surface area contributed by atoms with Crippen LogP contribution >= 0.6 is 0 Å². The summed E-state index contributed by atoms with van der Waals surface area (Å²) in [5.74, 6) is 1.18. The number of hydrogen-bond acceptors (Lipinski definition) is 3. The molecule has 2 atom stereocenters. The quantitative estimate of drug-likeness (QED) is 0.690. The van der Waals surface area contributed by atoms with E-state index in [0.717, 1.165) is 33.7 Å². The highest BCUT2D eigenvalue weighted by molar-refractivity contribution is 5.96. The van der Waals surface area contributed by atoms with Crippen LogP contribution in [0.4, 0.5) is 5.69 Å². The van der Waals surface area contributed by atoms with Crippen molar-refractivity contribution in [1.82, 2.24) is 0 Å². The zero-order valence-corrected chi connectivity index (χ0v) is 19.5. The summed E-state index contributed by atoms with van der Waals surface area (Å²) in [5, 5.41) is 13.4. The van der Waals surface area contributed by atoms with E-state index in [1.807, 2.05) is 41.5 Å². The Labute approximate surface area is 180 Å². The van der Waals surface area contributed by atoms with E-state index in [9.17, 15) is 9.90 Å². The maximum atomic E-state index is 12.7. The summed E-state index contributed by atoms with van der Waals surface area (Å²) in [5.41, 5.74) is 6.97. The van der Waals surface area contributed by atoms with Gasteiger partial charge in [-0.25, -0.2) is 0 Å². The molecule has 2 aromatic carbocycles. The summed E-state index contributed by atoms with van der Waals surface area (Å²) in [4.78, 5) is 12.7. The third-order valence-electron chi connectivity index (χ3n) is 6.37. The van der Waals surface area contributed by atoms with Crippen LogP contribution in [0.1, 0.15) is 79.8 Å². The summed E-state index contributed by atoms with van der Waals surface area (Å²) in [7, 11) is 0. The molecule has 0 spiro atoms. The molecule has 0 saturated heterocycles. The summed E-state index contributed by atoms with van der Waals surface area (Å²) >= 11 is 0. The summed E-state index contributed by atoms with van der Waals surface area (Å²) in [6.45, 7) is 16.6. The Morgan fingerprint density at radius 1 is 1.07 bits per heavy atom. The first kappa shape index (κ1) is 22.4. The number of anilines is 1. The fourth-order valence-electron chi connectivity index (χ4n) is 4.15. The molecule has 0 radical (unpaired) electrons. The number of aliphatic hydroxyl groups excluding tert-OH is 1. The van der Waals surface area contributed by atoms with Crippen LogP contribution in [0.3, 0.4) is 0 Å². The van der Waals surface area contributed by atoms with Crippen molar-refractivity contribution in [3.05, 3.63) is 57.6 Å². The number of ether oxygens (including phenoxy) is 1. The number of hydrogen-bond donors (Lipinski definition) is 2. The van der Waals surface area contributed by atoms with Gasteiger partial charge in [0.2, 0.25) is 0 Å². The zero-order chi connectivity index (χ0) is 22.4. The van der Waals surface area contributed by atoms with Gasteiger partial charge in [0.15, 0.2) is 0 Å². The molecular formula is C26H35NO3. The van der Waals surface area contributed by atoms with Crippen LogP contribution in [0.15, 0.2) is 24.3 Å². The lowest BCUT2D eigenvalue weighted by molar-refractivity contribution is -0.129. The van der Waals surface area contributed by atoms with Gasteiger partial charge in [-0.15, -0.1) is 0 Å². The van der Waals surface area contributed by atoms with Crippen LogP contribution < -0.4 is 10.1 Å². The van der Waals surface area contributed by atoms with Crippen molar-refractivity contribution in [2.75, 3.05) is 11.9 Å². The highest BCUT2D eigenvalue weighted by atomic mass is 16.5. The summed E-state index contributed by atoms with van der Waals surface area (Å²) < 4.78 is 6.14. The van der Waals surface area contributed by atoms with Gasteiger partial charge in [-0.1, -0.05) is 58.9 Å². The Hall–Kier alpha value is -2.33. The van der Waals surface area contributed by atoms with Crippen LogP contribution in [0, 0.1) is 26.2 Å². The number of carbonyl (C=O) groups excluding carboxylic acids is 1. The second-order valence-corrected chi connectivity index (χ2v) is 9.94. The first-order chi connectivity index (χ1) is 13.9. The van der Waals surface area contributed by atoms with Gasteiger partial charge in [0, 0.05) is 17.2 Å². The van der Waals surface area contributed by atoms with Crippen molar-refractivity contribution in [1.29, 1.82) is 0 Å². The average molecular weight is 410 g/mol. The molecule has 1 aliphatic heterocycles. The number of rotatable bonds is 4. The molecule has 162 valence electrons. The van der Waals surface area contributed by atoms with E-state index >= 15 is 0 Å². The standard InChI is InChI=1S/C26H35NO3/c1-14(2)18-9-11-19(12-10-18)20-13-30-23-16(4)15(3)22(17(5)21(20)23)27-25(29)24(28)26(6,7)8/h9-12,14,20,24,28H,13H2,1-8H3,(H,27,29). The Balaban J connectivity index is 2.02. The molecule has 1 heterocycles. The van der Waals surface area contributed by atoms with Crippen molar-refractivity contribution in [3.63, 3.8) is 0 Å². The Kier molecular flexibility index (Phi) is 6.01. The molecule has 4 heteroatoms. The number of amides is 1. The molecule has 30 heavy (non-hydrogen) atoms. The monoisotopic (exact) mass is 409 g/mol. The van der Waals surface area contributed by atoms with E-state index in [1.54, 1.807) is 0 Å². The molecule has 2 unspecified atom stereocenters. The van der Waals surface area contributed by atoms with Gasteiger partial charge in [-0.2, -0.15) is 0 Å². The van der Waals surface area contributed by atoms with Crippen LogP contribution in [0.2, 0.25) is 0 Å². The van der Waals surface area contributed by atoms with Crippen molar-refractivity contribution < 1.29 is 14.6 Å². The van der Waals surface area contributed by atoms with Crippen LogP contribution in [-0.4, -0.2) is 23.7 Å².